The number of thioether (sulfide) groups is 1. The smallest absolute Gasteiger partial charge is 0.269 e. The van der Waals surface area contributed by atoms with Gasteiger partial charge < -0.3 is 5.32 Å². The maximum atomic E-state index is 14.4. The zero-order valence-electron chi connectivity index (χ0n) is 19.8. The van der Waals surface area contributed by atoms with Crippen molar-refractivity contribution in [2.75, 3.05) is 16.9 Å². The summed E-state index contributed by atoms with van der Waals surface area (Å²) >= 11 is 1.74. The van der Waals surface area contributed by atoms with E-state index in [1.807, 2.05) is 26.0 Å². The van der Waals surface area contributed by atoms with Crippen molar-refractivity contribution in [2.45, 2.75) is 31.3 Å². The molecule has 2 fully saturated rings. The summed E-state index contributed by atoms with van der Waals surface area (Å²) < 4.78 is 0. The Labute approximate surface area is 212 Å². The number of benzene rings is 2. The van der Waals surface area contributed by atoms with E-state index in [9.17, 15) is 19.7 Å². The van der Waals surface area contributed by atoms with E-state index in [2.05, 4.69) is 15.2 Å². The number of hydrogen-bond acceptors (Lipinski definition) is 7. The van der Waals surface area contributed by atoms with Crippen LogP contribution in [0, 0.1) is 29.9 Å². The van der Waals surface area contributed by atoms with Crippen molar-refractivity contribution < 1.29 is 14.5 Å². The number of fused-ring (bicyclic) bond motifs is 4. The van der Waals surface area contributed by atoms with Gasteiger partial charge in [-0.25, -0.2) is 0 Å². The third kappa shape index (κ3) is 3.09. The Morgan fingerprint density at radius 3 is 2.69 bits per heavy atom. The van der Waals surface area contributed by atoms with Gasteiger partial charge in [-0.3, -0.25) is 29.6 Å². The topological polar surface area (TPSA) is 105 Å². The van der Waals surface area contributed by atoms with Crippen molar-refractivity contribution in [3.05, 3.63) is 98.9 Å². The van der Waals surface area contributed by atoms with E-state index in [4.69, 9.17) is 0 Å². The molecule has 4 atom stereocenters. The van der Waals surface area contributed by atoms with Crippen molar-refractivity contribution >= 4 is 34.8 Å². The molecule has 2 aromatic carbocycles. The number of anilines is 1. The molecular weight excluding hydrogens is 476 g/mol. The Morgan fingerprint density at radius 2 is 2.00 bits per heavy atom. The molecule has 1 spiro atoms. The Balaban J connectivity index is 1.62. The number of hydrogen-bond donors (Lipinski definition) is 1. The lowest BCUT2D eigenvalue weighted by Gasteiger charge is -2.36. The third-order valence-electron chi connectivity index (χ3n) is 7.79. The molecule has 4 heterocycles. The van der Waals surface area contributed by atoms with Crippen LogP contribution in [-0.2, 0) is 10.3 Å². The van der Waals surface area contributed by atoms with Crippen LogP contribution in [0.4, 0.5) is 11.4 Å². The van der Waals surface area contributed by atoms with E-state index in [1.165, 1.54) is 12.1 Å². The average Bonchev–Trinajstić information content (AvgIpc) is 3.53. The van der Waals surface area contributed by atoms with Gasteiger partial charge in [-0.2, -0.15) is 0 Å². The molecule has 6 rings (SSSR count). The second-order valence-corrected chi connectivity index (χ2v) is 10.7. The number of Topliss-reactive ketones (excluding diaryl/α,β-unsaturated/α-hetero) is 1. The van der Waals surface area contributed by atoms with Gasteiger partial charge in [-0.05, 0) is 37.1 Å². The molecule has 1 aromatic heterocycles. The highest BCUT2D eigenvalue weighted by molar-refractivity contribution is 7.99. The van der Waals surface area contributed by atoms with Crippen molar-refractivity contribution in [3.8, 4) is 0 Å². The Hall–Kier alpha value is -3.56. The number of rotatable bonds is 4. The lowest BCUT2D eigenvalue weighted by atomic mass is 9.69. The monoisotopic (exact) mass is 500 g/mol. The number of carbonyl (C=O) groups is 2. The molecule has 1 N–H and O–H groups in total. The SMILES string of the molecule is Cc1cc(C)c2c(c1)C1(C(=O)N2)C(C(=O)c2cccnc2)C(c2ccc([N+](=O)[O-])cc2)C2CSCN21. The summed E-state index contributed by atoms with van der Waals surface area (Å²) in [5, 5.41) is 14.4. The molecule has 8 nitrogen and oxygen atoms in total. The van der Waals surface area contributed by atoms with Gasteiger partial charge in [0.2, 0.25) is 5.91 Å². The zero-order chi connectivity index (χ0) is 25.2. The second kappa shape index (κ2) is 8.25. The van der Waals surface area contributed by atoms with Crippen LogP contribution >= 0.6 is 11.8 Å². The van der Waals surface area contributed by atoms with Crippen LogP contribution in [0.3, 0.4) is 0 Å². The number of aryl methyl sites for hydroxylation is 2. The molecule has 3 aliphatic heterocycles. The first-order valence-corrected chi connectivity index (χ1v) is 13.0. The highest BCUT2D eigenvalue weighted by Crippen LogP contribution is 2.61. The number of nitrogens with one attached hydrogen (secondary N) is 1. The number of amides is 1. The van der Waals surface area contributed by atoms with Crippen LogP contribution in [0.15, 0.2) is 60.9 Å². The number of pyridine rings is 1. The van der Waals surface area contributed by atoms with Gasteiger partial charge in [0, 0.05) is 64.9 Å². The van der Waals surface area contributed by atoms with Gasteiger partial charge in [-0.15, -0.1) is 11.8 Å². The van der Waals surface area contributed by atoms with Crippen molar-refractivity contribution in [1.29, 1.82) is 0 Å². The minimum absolute atomic E-state index is 0.00514. The molecule has 3 aliphatic rings. The van der Waals surface area contributed by atoms with Gasteiger partial charge in [-0.1, -0.05) is 29.8 Å². The highest BCUT2D eigenvalue weighted by atomic mass is 32.2. The molecule has 9 heteroatoms. The van der Waals surface area contributed by atoms with E-state index in [-0.39, 0.29) is 29.3 Å². The first kappa shape index (κ1) is 22.9. The fourth-order valence-electron chi connectivity index (χ4n) is 6.41. The van der Waals surface area contributed by atoms with Crippen molar-refractivity contribution in [2.24, 2.45) is 5.92 Å². The van der Waals surface area contributed by atoms with Crippen molar-refractivity contribution in [3.63, 3.8) is 0 Å². The number of non-ortho nitro benzene ring substituents is 1. The van der Waals surface area contributed by atoms with Gasteiger partial charge in [0.15, 0.2) is 5.78 Å². The normalized spacial score (nSPS) is 26.6. The van der Waals surface area contributed by atoms with Gasteiger partial charge in [0.1, 0.15) is 5.54 Å². The van der Waals surface area contributed by atoms with Crippen LogP contribution in [0.25, 0.3) is 0 Å². The molecule has 3 aromatic rings. The number of nitrogens with zero attached hydrogens (tertiary/aromatic N) is 3. The summed E-state index contributed by atoms with van der Waals surface area (Å²) in [6, 6.07) is 13.9. The standard InChI is InChI=1S/C27H24N4O4S/c1-15-10-16(2)24-20(11-15)27(26(33)29-24)23(25(32)18-4-3-9-28-12-18)22(21-13-36-14-30(21)27)17-5-7-19(8-6-17)31(34)35/h3-12,21-23H,13-14H2,1-2H3,(H,29,33). The fraction of sp³-hybridized carbons (Fsp3) is 0.296. The summed E-state index contributed by atoms with van der Waals surface area (Å²) in [5.74, 6) is -0.0146. The van der Waals surface area contributed by atoms with Crippen LogP contribution in [0.5, 0.6) is 0 Å². The second-order valence-electron chi connectivity index (χ2n) is 9.72. The number of ketones is 1. The molecular formula is C27H24N4O4S. The van der Waals surface area contributed by atoms with Crippen LogP contribution < -0.4 is 5.32 Å². The lowest BCUT2D eigenvalue weighted by Crippen LogP contribution is -2.52. The summed E-state index contributed by atoms with van der Waals surface area (Å²) in [6.45, 7) is 3.97. The van der Waals surface area contributed by atoms with Crippen LogP contribution in [0.2, 0.25) is 0 Å². The Kier molecular flexibility index (Phi) is 5.24. The van der Waals surface area contributed by atoms with E-state index < -0.39 is 16.4 Å². The van der Waals surface area contributed by atoms with E-state index in [0.717, 1.165) is 33.7 Å². The minimum Gasteiger partial charge on any atom is -0.324 e. The Morgan fingerprint density at radius 1 is 1.22 bits per heavy atom. The van der Waals surface area contributed by atoms with E-state index >= 15 is 0 Å². The predicted octanol–water partition coefficient (Wildman–Crippen LogP) is 4.43. The fourth-order valence-corrected chi connectivity index (χ4v) is 7.74. The van der Waals surface area contributed by atoms with Crippen molar-refractivity contribution in [1.82, 2.24) is 9.88 Å². The summed E-state index contributed by atoms with van der Waals surface area (Å²) in [4.78, 5) is 45.7. The Bertz CT molecular complexity index is 1410. The average molecular weight is 501 g/mol. The largest absolute Gasteiger partial charge is 0.324 e. The molecule has 182 valence electrons. The molecule has 0 saturated carbocycles. The molecule has 0 radical (unpaired) electrons. The van der Waals surface area contributed by atoms with Gasteiger partial charge >= 0.3 is 0 Å². The van der Waals surface area contributed by atoms with E-state index in [0.29, 0.717) is 11.4 Å². The number of aromatic nitrogens is 1. The molecule has 2 saturated heterocycles. The zero-order valence-corrected chi connectivity index (χ0v) is 20.6. The molecule has 0 aliphatic carbocycles. The quantitative estimate of drug-likeness (QED) is 0.321. The van der Waals surface area contributed by atoms with Gasteiger partial charge in [0.25, 0.3) is 5.69 Å². The first-order valence-electron chi connectivity index (χ1n) is 11.8. The maximum Gasteiger partial charge on any atom is 0.269 e. The van der Waals surface area contributed by atoms with Crippen LogP contribution in [-0.4, -0.2) is 44.2 Å². The molecule has 1 amide bonds. The number of carbonyl (C=O) groups excluding carboxylic acids is 2. The number of nitro groups is 1. The third-order valence-corrected chi connectivity index (χ3v) is 8.83. The molecule has 36 heavy (non-hydrogen) atoms. The van der Waals surface area contributed by atoms with E-state index in [1.54, 1.807) is 48.4 Å². The lowest BCUT2D eigenvalue weighted by molar-refractivity contribution is -0.384. The molecule has 0 bridgehead atoms. The summed E-state index contributed by atoms with van der Waals surface area (Å²) in [7, 11) is 0. The summed E-state index contributed by atoms with van der Waals surface area (Å²) in [6.07, 6.45) is 3.17. The predicted molar refractivity (Wildman–Crippen MR) is 137 cm³/mol. The van der Waals surface area contributed by atoms with Gasteiger partial charge in [0.05, 0.1) is 10.8 Å². The minimum atomic E-state index is -1.18. The highest BCUT2D eigenvalue weighted by Gasteiger charge is 2.69. The van der Waals surface area contributed by atoms with Crippen LogP contribution in [0.1, 0.15) is 38.5 Å². The summed E-state index contributed by atoms with van der Waals surface area (Å²) in [5.41, 5.74) is 3.69. The molecule has 4 unspecified atom stereocenters. The first-order chi connectivity index (χ1) is 17.3. The number of nitro benzene ring substituents is 1. The maximum absolute atomic E-state index is 14.4.